The first-order valence-corrected chi connectivity index (χ1v) is 7.98. The molecule has 0 radical (unpaired) electrons. The van der Waals surface area contributed by atoms with Crippen LogP contribution < -0.4 is 9.46 Å². The summed E-state index contributed by atoms with van der Waals surface area (Å²) in [4.78, 5) is 10.5. The highest BCUT2D eigenvalue weighted by Crippen LogP contribution is 2.25. The van der Waals surface area contributed by atoms with Gasteiger partial charge in [-0.2, -0.15) is 12.7 Å². The van der Waals surface area contributed by atoms with Crippen molar-refractivity contribution in [3.63, 3.8) is 0 Å². The minimum Gasteiger partial charge on any atom is -0.480 e. The number of aliphatic carboxylic acids is 1. The summed E-state index contributed by atoms with van der Waals surface area (Å²) in [5.74, 6) is -0.958. The van der Waals surface area contributed by atoms with E-state index in [0.29, 0.717) is 6.54 Å². The van der Waals surface area contributed by atoms with Gasteiger partial charge >= 0.3 is 16.2 Å². The summed E-state index contributed by atoms with van der Waals surface area (Å²) in [6.45, 7) is 1.84. The maximum absolute atomic E-state index is 12.1. The van der Waals surface area contributed by atoms with Crippen LogP contribution in [0.25, 0.3) is 0 Å². The highest BCUT2D eigenvalue weighted by atomic mass is 32.2. The zero-order valence-electron chi connectivity index (χ0n) is 12.1. The summed E-state index contributed by atoms with van der Waals surface area (Å²) in [6, 6.07) is 6.29. The van der Waals surface area contributed by atoms with Crippen LogP contribution in [0.1, 0.15) is 19.8 Å². The van der Waals surface area contributed by atoms with Gasteiger partial charge in [-0.1, -0.05) is 25.5 Å². The van der Waals surface area contributed by atoms with Gasteiger partial charge in [0.15, 0.2) is 6.61 Å². The van der Waals surface area contributed by atoms with E-state index in [2.05, 4.69) is 4.72 Å². The van der Waals surface area contributed by atoms with Gasteiger partial charge in [0, 0.05) is 13.6 Å². The zero-order valence-corrected chi connectivity index (χ0v) is 12.9. The maximum atomic E-state index is 12.1. The van der Waals surface area contributed by atoms with Crippen LogP contribution in [0, 0.1) is 0 Å². The van der Waals surface area contributed by atoms with E-state index in [1.165, 1.54) is 23.5 Å². The molecule has 0 heterocycles. The lowest BCUT2D eigenvalue weighted by molar-refractivity contribution is -0.139. The molecule has 2 N–H and O–H groups in total. The molecule has 0 amide bonds. The van der Waals surface area contributed by atoms with Crippen molar-refractivity contribution < 1.29 is 23.1 Å². The standard InChI is InChI=1S/C13H20N2O5S/c1-3-4-9-15(2)21(18,19)14-11-7-5-6-8-12(11)20-10-13(16)17/h5-8,14H,3-4,9-10H2,1-2H3,(H,16,17). The molecule has 0 aromatic heterocycles. The van der Waals surface area contributed by atoms with Crippen LogP contribution in [0.2, 0.25) is 0 Å². The van der Waals surface area contributed by atoms with E-state index in [1.54, 1.807) is 12.1 Å². The Hall–Kier alpha value is -1.80. The van der Waals surface area contributed by atoms with Gasteiger partial charge in [0.1, 0.15) is 5.75 Å². The van der Waals surface area contributed by atoms with E-state index in [9.17, 15) is 13.2 Å². The average molecular weight is 316 g/mol. The Kier molecular flexibility index (Phi) is 6.44. The zero-order chi connectivity index (χ0) is 15.9. The molecule has 1 rings (SSSR count). The van der Waals surface area contributed by atoms with Crippen LogP contribution in [0.4, 0.5) is 5.69 Å². The number of unbranched alkanes of at least 4 members (excludes halogenated alkanes) is 1. The fraction of sp³-hybridized carbons (Fsp3) is 0.462. The molecule has 0 aliphatic rings. The molecule has 118 valence electrons. The molecule has 7 nitrogen and oxygen atoms in total. The third-order valence-electron chi connectivity index (χ3n) is 2.71. The normalized spacial score (nSPS) is 11.4. The first-order valence-electron chi connectivity index (χ1n) is 6.54. The lowest BCUT2D eigenvalue weighted by Gasteiger charge is -2.19. The monoisotopic (exact) mass is 316 g/mol. The first-order chi connectivity index (χ1) is 9.86. The van der Waals surface area contributed by atoms with Crippen LogP contribution >= 0.6 is 0 Å². The second kappa shape index (κ2) is 7.84. The smallest absolute Gasteiger partial charge is 0.341 e. The number of carbonyl (C=O) groups is 1. The number of benzene rings is 1. The Labute approximate surface area is 124 Å². The molecule has 0 spiro atoms. The van der Waals surface area contributed by atoms with E-state index >= 15 is 0 Å². The number of ether oxygens (including phenoxy) is 1. The Morgan fingerprint density at radius 2 is 2.05 bits per heavy atom. The fourth-order valence-corrected chi connectivity index (χ4v) is 2.51. The van der Waals surface area contributed by atoms with Crippen molar-refractivity contribution in [3.8, 4) is 5.75 Å². The highest BCUT2D eigenvalue weighted by molar-refractivity contribution is 7.90. The van der Waals surface area contributed by atoms with Gasteiger partial charge in [0.2, 0.25) is 0 Å². The molecule has 21 heavy (non-hydrogen) atoms. The van der Waals surface area contributed by atoms with Gasteiger partial charge in [-0.25, -0.2) is 4.79 Å². The third-order valence-corrected chi connectivity index (χ3v) is 4.20. The number of hydrogen-bond acceptors (Lipinski definition) is 4. The molecule has 0 saturated heterocycles. The van der Waals surface area contributed by atoms with Gasteiger partial charge in [-0.05, 0) is 18.6 Å². The maximum Gasteiger partial charge on any atom is 0.341 e. The van der Waals surface area contributed by atoms with E-state index in [-0.39, 0.29) is 11.4 Å². The van der Waals surface area contributed by atoms with Gasteiger partial charge in [0.25, 0.3) is 0 Å². The van der Waals surface area contributed by atoms with Crippen molar-refractivity contribution in [2.45, 2.75) is 19.8 Å². The highest BCUT2D eigenvalue weighted by Gasteiger charge is 2.19. The molecule has 0 fully saturated rings. The second-order valence-corrected chi connectivity index (χ2v) is 6.24. The largest absolute Gasteiger partial charge is 0.480 e. The summed E-state index contributed by atoms with van der Waals surface area (Å²) < 4.78 is 33.0. The van der Waals surface area contributed by atoms with Crippen LogP contribution in [0.15, 0.2) is 24.3 Å². The number of anilines is 1. The van der Waals surface area contributed by atoms with Crippen molar-refractivity contribution in [1.29, 1.82) is 0 Å². The minimum atomic E-state index is -3.69. The summed E-state index contributed by atoms with van der Waals surface area (Å²) in [5.41, 5.74) is 0.210. The Morgan fingerprint density at radius 3 is 2.67 bits per heavy atom. The molecule has 0 aliphatic carbocycles. The fourth-order valence-electron chi connectivity index (χ4n) is 1.53. The van der Waals surface area contributed by atoms with E-state index in [4.69, 9.17) is 9.84 Å². The summed E-state index contributed by atoms with van der Waals surface area (Å²) >= 11 is 0. The van der Waals surface area contributed by atoms with Gasteiger partial charge < -0.3 is 9.84 Å². The lowest BCUT2D eigenvalue weighted by Crippen LogP contribution is -2.33. The predicted molar refractivity (Wildman–Crippen MR) is 79.7 cm³/mol. The Bertz CT molecular complexity index is 574. The number of carboxylic acid groups (broad SMARTS) is 1. The topological polar surface area (TPSA) is 95.9 Å². The average Bonchev–Trinajstić information content (AvgIpc) is 2.43. The number of hydrogen-bond donors (Lipinski definition) is 2. The molecule has 1 aromatic carbocycles. The van der Waals surface area contributed by atoms with Crippen LogP contribution in [0.5, 0.6) is 5.75 Å². The number of rotatable bonds is 9. The lowest BCUT2D eigenvalue weighted by atomic mass is 10.3. The van der Waals surface area contributed by atoms with Gasteiger partial charge in [-0.15, -0.1) is 0 Å². The van der Waals surface area contributed by atoms with Crippen molar-refractivity contribution in [3.05, 3.63) is 24.3 Å². The van der Waals surface area contributed by atoms with E-state index < -0.39 is 22.8 Å². The number of nitrogens with zero attached hydrogens (tertiary/aromatic N) is 1. The quantitative estimate of drug-likeness (QED) is 0.720. The van der Waals surface area contributed by atoms with Gasteiger partial charge in [-0.3, -0.25) is 4.72 Å². The molecule has 1 aromatic rings. The van der Waals surface area contributed by atoms with Crippen molar-refractivity contribution in [2.24, 2.45) is 0 Å². The minimum absolute atomic E-state index is 0.173. The van der Waals surface area contributed by atoms with Gasteiger partial charge in [0.05, 0.1) is 5.69 Å². The summed E-state index contributed by atoms with van der Waals surface area (Å²) in [7, 11) is -2.21. The molecule has 0 unspecified atom stereocenters. The van der Waals surface area contributed by atoms with E-state index in [1.807, 2.05) is 6.92 Å². The van der Waals surface area contributed by atoms with Crippen LogP contribution in [0.3, 0.4) is 0 Å². The van der Waals surface area contributed by atoms with Crippen molar-refractivity contribution >= 4 is 21.9 Å². The SMILES string of the molecule is CCCCN(C)S(=O)(=O)Nc1ccccc1OCC(=O)O. The molecular formula is C13H20N2O5S. The molecule has 8 heteroatoms. The number of nitrogens with one attached hydrogen (secondary N) is 1. The van der Waals surface area contributed by atoms with Crippen LogP contribution in [-0.2, 0) is 15.0 Å². The summed E-state index contributed by atoms with van der Waals surface area (Å²) in [6.07, 6.45) is 1.65. The predicted octanol–water partition coefficient (Wildman–Crippen LogP) is 1.54. The number of carboxylic acids is 1. The molecule has 0 aliphatic heterocycles. The first kappa shape index (κ1) is 17.3. The summed E-state index contributed by atoms with van der Waals surface area (Å²) in [5, 5.41) is 8.61. The number of para-hydroxylation sites is 2. The molecule has 0 saturated carbocycles. The molecule has 0 bridgehead atoms. The van der Waals surface area contributed by atoms with Crippen molar-refractivity contribution in [2.75, 3.05) is 24.9 Å². The van der Waals surface area contributed by atoms with Crippen LogP contribution in [-0.4, -0.2) is 44.0 Å². The Morgan fingerprint density at radius 1 is 1.38 bits per heavy atom. The van der Waals surface area contributed by atoms with E-state index in [0.717, 1.165) is 12.8 Å². The molecular weight excluding hydrogens is 296 g/mol. The second-order valence-electron chi connectivity index (χ2n) is 4.46. The Balaban J connectivity index is 2.84. The van der Waals surface area contributed by atoms with Crippen molar-refractivity contribution in [1.82, 2.24) is 4.31 Å². The molecule has 0 atom stereocenters. The third kappa shape index (κ3) is 5.60.